The van der Waals surface area contributed by atoms with Crippen molar-refractivity contribution in [1.82, 2.24) is 4.72 Å². The van der Waals surface area contributed by atoms with Gasteiger partial charge in [0, 0.05) is 0 Å². The van der Waals surface area contributed by atoms with Crippen molar-refractivity contribution in [3.63, 3.8) is 0 Å². The van der Waals surface area contributed by atoms with E-state index in [1.165, 1.54) is 38.5 Å². The van der Waals surface area contributed by atoms with Crippen LogP contribution in [-0.2, 0) is 14.8 Å². The summed E-state index contributed by atoms with van der Waals surface area (Å²) in [6.07, 6.45) is 11.4. The molecule has 1 atom stereocenters. The van der Waals surface area contributed by atoms with E-state index in [1.54, 1.807) is 13.8 Å². The maximum atomic E-state index is 11.9. The normalized spacial score (nSPS) is 13.4. The van der Waals surface area contributed by atoms with Gasteiger partial charge in [-0.05, 0) is 12.3 Å². The molecule has 0 rings (SSSR count). The van der Waals surface area contributed by atoms with Crippen LogP contribution < -0.4 is 4.72 Å². The second-order valence-corrected chi connectivity index (χ2v) is 8.55. The van der Waals surface area contributed by atoms with E-state index in [0.717, 1.165) is 19.3 Å². The summed E-state index contributed by atoms with van der Waals surface area (Å²) in [6.45, 7) is 5.60. The number of carbonyl (C=O) groups is 1. The first-order valence-electron chi connectivity index (χ1n) is 9.03. The lowest BCUT2D eigenvalue weighted by molar-refractivity contribution is -0.140. The zero-order valence-corrected chi connectivity index (χ0v) is 15.8. The van der Waals surface area contributed by atoms with Gasteiger partial charge < -0.3 is 5.11 Å². The van der Waals surface area contributed by atoms with E-state index in [9.17, 15) is 13.2 Å². The standard InChI is InChI=1S/C17H35NO4S/c1-4-5-6-7-8-9-10-11-12-13-14-23(21,22)18-16(15(2)3)17(19)20/h15-16,18H,4-14H2,1-3H3,(H,19,20)/t16-/m0/s1. The average Bonchev–Trinajstić information content (AvgIpc) is 2.46. The van der Waals surface area contributed by atoms with Crippen LogP contribution in [0.2, 0.25) is 0 Å². The van der Waals surface area contributed by atoms with Crippen molar-refractivity contribution in [3.8, 4) is 0 Å². The molecule has 5 nitrogen and oxygen atoms in total. The van der Waals surface area contributed by atoms with Crippen molar-refractivity contribution in [1.29, 1.82) is 0 Å². The Morgan fingerprint density at radius 1 is 0.913 bits per heavy atom. The molecule has 23 heavy (non-hydrogen) atoms. The summed E-state index contributed by atoms with van der Waals surface area (Å²) in [4.78, 5) is 11.0. The molecule has 0 saturated heterocycles. The van der Waals surface area contributed by atoms with Gasteiger partial charge in [-0.1, -0.05) is 78.6 Å². The van der Waals surface area contributed by atoms with Gasteiger partial charge in [0.2, 0.25) is 10.0 Å². The van der Waals surface area contributed by atoms with Crippen LogP contribution in [0.3, 0.4) is 0 Å². The molecule has 0 aromatic carbocycles. The molecule has 0 radical (unpaired) electrons. The summed E-state index contributed by atoms with van der Waals surface area (Å²) in [5.41, 5.74) is 0. The summed E-state index contributed by atoms with van der Waals surface area (Å²) in [6, 6.07) is -1.04. The van der Waals surface area contributed by atoms with Crippen molar-refractivity contribution < 1.29 is 18.3 Å². The Morgan fingerprint density at radius 3 is 1.74 bits per heavy atom. The molecular weight excluding hydrogens is 314 g/mol. The Labute approximate surface area is 142 Å². The number of aliphatic carboxylic acids is 1. The highest BCUT2D eigenvalue weighted by Crippen LogP contribution is 2.11. The minimum absolute atomic E-state index is 0.0139. The van der Waals surface area contributed by atoms with E-state index in [0.29, 0.717) is 6.42 Å². The maximum absolute atomic E-state index is 11.9. The molecule has 2 N–H and O–H groups in total. The quantitative estimate of drug-likeness (QED) is 0.439. The number of unbranched alkanes of at least 4 members (excludes halogenated alkanes) is 9. The van der Waals surface area contributed by atoms with Crippen molar-refractivity contribution >= 4 is 16.0 Å². The number of hydrogen-bond donors (Lipinski definition) is 2. The fourth-order valence-electron chi connectivity index (χ4n) is 2.50. The lowest BCUT2D eigenvalue weighted by atomic mass is 10.1. The Kier molecular flexibility index (Phi) is 12.4. The monoisotopic (exact) mass is 349 g/mol. The first kappa shape index (κ1) is 22.4. The number of carboxylic acid groups (broad SMARTS) is 1. The Hall–Kier alpha value is -0.620. The molecule has 0 unspecified atom stereocenters. The van der Waals surface area contributed by atoms with Crippen LogP contribution in [0.25, 0.3) is 0 Å². The van der Waals surface area contributed by atoms with Crippen LogP contribution in [0, 0.1) is 5.92 Å². The summed E-state index contributed by atoms with van der Waals surface area (Å²) in [5.74, 6) is -1.37. The first-order chi connectivity index (χ1) is 10.8. The third-order valence-electron chi connectivity index (χ3n) is 4.01. The maximum Gasteiger partial charge on any atom is 0.321 e. The lowest BCUT2D eigenvalue weighted by Crippen LogP contribution is -2.45. The smallest absolute Gasteiger partial charge is 0.321 e. The van der Waals surface area contributed by atoms with Crippen molar-refractivity contribution in [2.45, 2.75) is 91.0 Å². The van der Waals surface area contributed by atoms with E-state index in [2.05, 4.69) is 11.6 Å². The molecule has 0 amide bonds. The highest BCUT2D eigenvalue weighted by Gasteiger charge is 2.26. The van der Waals surface area contributed by atoms with Crippen LogP contribution >= 0.6 is 0 Å². The van der Waals surface area contributed by atoms with Gasteiger partial charge in [-0.2, -0.15) is 0 Å². The third kappa shape index (κ3) is 12.5. The molecule has 0 aromatic heterocycles. The molecule has 0 bridgehead atoms. The zero-order valence-electron chi connectivity index (χ0n) is 15.0. The minimum Gasteiger partial charge on any atom is -0.480 e. The van der Waals surface area contributed by atoms with E-state index < -0.39 is 22.0 Å². The molecular formula is C17H35NO4S. The summed E-state index contributed by atoms with van der Waals surface area (Å²) in [5, 5.41) is 9.03. The van der Waals surface area contributed by atoms with E-state index in [1.807, 2.05) is 0 Å². The van der Waals surface area contributed by atoms with Gasteiger partial charge in [0.05, 0.1) is 5.75 Å². The largest absolute Gasteiger partial charge is 0.480 e. The van der Waals surface area contributed by atoms with Crippen molar-refractivity contribution in [2.24, 2.45) is 5.92 Å². The van der Waals surface area contributed by atoms with Gasteiger partial charge in [0.25, 0.3) is 0 Å². The predicted octanol–water partition coefficient (Wildman–Crippen LogP) is 3.94. The second-order valence-electron chi connectivity index (χ2n) is 6.68. The predicted molar refractivity (Wildman–Crippen MR) is 95.0 cm³/mol. The SMILES string of the molecule is CCCCCCCCCCCCS(=O)(=O)N[C@H](C(=O)O)C(C)C. The van der Waals surface area contributed by atoms with Crippen molar-refractivity contribution in [2.75, 3.05) is 5.75 Å². The van der Waals surface area contributed by atoms with E-state index in [-0.39, 0.29) is 11.7 Å². The molecule has 0 fully saturated rings. The number of hydrogen-bond acceptors (Lipinski definition) is 3. The molecule has 0 aliphatic heterocycles. The van der Waals surface area contributed by atoms with Crippen LogP contribution in [0.1, 0.15) is 85.0 Å². The third-order valence-corrected chi connectivity index (χ3v) is 5.45. The summed E-state index contributed by atoms with van der Waals surface area (Å²) >= 11 is 0. The number of nitrogens with one attached hydrogen (secondary N) is 1. The van der Waals surface area contributed by atoms with Crippen LogP contribution in [0.15, 0.2) is 0 Å². The Bertz CT molecular complexity index is 407. The number of rotatable bonds is 15. The molecule has 6 heteroatoms. The average molecular weight is 350 g/mol. The highest BCUT2D eigenvalue weighted by atomic mass is 32.2. The molecule has 138 valence electrons. The van der Waals surface area contributed by atoms with Crippen molar-refractivity contribution in [3.05, 3.63) is 0 Å². The van der Waals surface area contributed by atoms with Gasteiger partial charge in [0.1, 0.15) is 6.04 Å². The topological polar surface area (TPSA) is 83.5 Å². The van der Waals surface area contributed by atoms with Gasteiger partial charge in [0.15, 0.2) is 0 Å². The molecule has 0 spiro atoms. The zero-order chi connectivity index (χ0) is 17.7. The van der Waals surface area contributed by atoms with Gasteiger partial charge in [-0.3, -0.25) is 4.79 Å². The molecule has 0 aliphatic rings. The van der Waals surface area contributed by atoms with Crippen LogP contribution in [0.5, 0.6) is 0 Å². The second kappa shape index (κ2) is 12.8. The van der Waals surface area contributed by atoms with Crippen LogP contribution in [-0.4, -0.2) is 31.3 Å². The fraction of sp³-hybridized carbons (Fsp3) is 0.941. The van der Waals surface area contributed by atoms with E-state index in [4.69, 9.17) is 5.11 Å². The summed E-state index contributed by atoms with van der Waals surface area (Å²) in [7, 11) is -3.51. The fourth-order valence-corrected chi connectivity index (χ4v) is 3.97. The van der Waals surface area contributed by atoms with Gasteiger partial charge >= 0.3 is 5.97 Å². The summed E-state index contributed by atoms with van der Waals surface area (Å²) < 4.78 is 26.1. The Balaban J connectivity index is 3.76. The number of carboxylic acids is 1. The highest BCUT2D eigenvalue weighted by molar-refractivity contribution is 7.89. The molecule has 0 aliphatic carbocycles. The molecule has 0 heterocycles. The lowest BCUT2D eigenvalue weighted by Gasteiger charge is -2.17. The minimum atomic E-state index is -3.51. The molecule has 0 aromatic rings. The van der Waals surface area contributed by atoms with Gasteiger partial charge in [-0.15, -0.1) is 0 Å². The van der Waals surface area contributed by atoms with Crippen LogP contribution in [0.4, 0.5) is 0 Å². The first-order valence-corrected chi connectivity index (χ1v) is 10.7. The number of sulfonamides is 1. The molecule has 0 saturated carbocycles. The van der Waals surface area contributed by atoms with Gasteiger partial charge in [-0.25, -0.2) is 13.1 Å². The van der Waals surface area contributed by atoms with E-state index >= 15 is 0 Å². The Morgan fingerprint density at radius 2 is 1.35 bits per heavy atom.